The van der Waals surface area contributed by atoms with Gasteiger partial charge in [0.2, 0.25) is 0 Å². The van der Waals surface area contributed by atoms with E-state index >= 15 is 0 Å². The number of carbonyl (C=O) groups excluding carboxylic acids is 4. The van der Waals surface area contributed by atoms with Crippen molar-refractivity contribution in [2.24, 2.45) is 5.41 Å². The molecule has 0 N–H and O–H groups in total. The second kappa shape index (κ2) is 12.7. The van der Waals surface area contributed by atoms with Gasteiger partial charge in [0.15, 0.2) is 0 Å². The van der Waals surface area contributed by atoms with Crippen LogP contribution in [0.25, 0.3) is 0 Å². The van der Waals surface area contributed by atoms with Gasteiger partial charge < -0.3 is 28.6 Å². The Bertz CT molecular complexity index is 691. The third-order valence-electron chi connectivity index (χ3n) is 4.34. The van der Waals surface area contributed by atoms with Gasteiger partial charge in [0.05, 0.1) is 13.2 Å². The van der Waals surface area contributed by atoms with Crippen LogP contribution in [0.4, 0.5) is 4.79 Å². The van der Waals surface area contributed by atoms with Crippen LogP contribution in [0.3, 0.4) is 0 Å². The largest absolute Gasteiger partial charge is 0.461 e. The van der Waals surface area contributed by atoms with Gasteiger partial charge in [-0.15, -0.1) is 0 Å². The molecule has 1 heterocycles. The maximum absolute atomic E-state index is 12.5. The van der Waals surface area contributed by atoms with Gasteiger partial charge in [-0.1, -0.05) is 19.7 Å². The molecule has 1 fully saturated rings. The molecule has 0 radical (unpaired) electrons. The van der Waals surface area contributed by atoms with Crippen molar-refractivity contribution in [1.29, 1.82) is 0 Å². The summed E-state index contributed by atoms with van der Waals surface area (Å²) in [4.78, 5) is 49.8. The Balaban J connectivity index is 3.06. The highest BCUT2D eigenvalue weighted by molar-refractivity contribution is 5.88. The van der Waals surface area contributed by atoms with E-state index in [1.54, 1.807) is 0 Å². The van der Waals surface area contributed by atoms with Gasteiger partial charge in [0, 0.05) is 29.8 Å². The Morgan fingerprint density at radius 3 is 1.41 bits per heavy atom. The van der Waals surface area contributed by atoms with E-state index in [1.165, 1.54) is 25.7 Å². The van der Waals surface area contributed by atoms with Crippen molar-refractivity contribution >= 4 is 24.0 Å². The van der Waals surface area contributed by atoms with Crippen molar-refractivity contribution in [3.05, 3.63) is 36.5 Å². The molecule has 10 heteroatoms. The van der Waals surface area contributed by atoms with Gasteiger partial charge >= 0.3 is 24.0 Å². The molecular weight excluding hydrogens is 422 g/mol. The van der Waals surface area contributed by atoms with Crippen LogP contribution >= 0.6 is 0 Å². The summed E-state index contributed by atoms with van der Waals surface area (Å²) in [5.74, 6) is -2.11. The predicted octanol–water partition coefficient (Wildman–Crippen LogP) is 1.80. The number of esters is 3. The van der Waals surface area contributed by atoms with Crippen LogP contribution in [-0.4, -0.2) is 81.6 Å². The lowest BCUT2D eigenvalue weighted by molar-refractivity contribution is -0.160. The van der Waals surface area contributed by atoms with E-state index in [0.717, 1.165) is 0 Å². The summed E-state index contributed by atoms with van der Waals surface area (Å²) in [5, 5.41) is 0. The summed E-state index contributed by atoms with van der Waals surface area (Å²) in [6.45, 7) is 14.9. The zero-order valence-corrected chi connectivity index (χ0v) is 18.9. The summed E-state index contributed by atoms with van der Waals surface area (Å²) >= 11 is 0. The summed E-state index contributed by atoms with van der Waals surface area (Å²) in [6, 6.07) is 0. The highest BCUT2D eigenvalue weighted by atomic mass is 16.6. The van der Waals surface area contributed by atoms with E-state index in [4.69, 9.17) is 23.7 Å². The molecule has 0 bridgehead atoms. The lowest BCUT2D eigenvalue weighted by Gasteiger charge is -2.33. The number of carbonyl (C=O) groups is 4. The lowest BCUT2D eigenvalue weighted by Crippen LogP contribution is -2.47. The molecule has 32 heavy (non-hydrogen) atoms. The predicted molar refractivity (Wildman–Crippen MR) is 113 cm³/mol. The number of nitrogens with zero attached hydrogens (tertiary/aromatic N) is 1. The highest BCUT2D eigenvalue weighted by Gasteiger charge is 2.38. The molecule has 0 unspecified atom stereocenters. The van der Waals surface area contributed by atoms with E-state index < -0.39 is 29.4 Å². The van der Waals surface area contributed by atoms with Crippen molar-refractivity contribution in [3.8, 4) is 0 Å². The molecule has 0 atom stereocenters. The van der Waals surface area contributed by atoms with E-state index in [1.807, 2.05) is 0 Å². The fraction of sp³-hybridized carbons (Fsp3) is 0.545. The Hall–Kier alpha value is -3.14. The third kappa shape index (κ3) is 8.93. The zero-order chi connectivity index (χ0) is 24.3. The number of morpholine rings is 1. The molecule has 178 valence electrons. The first-order chi connectivity index (χ1) is 15.0. The van der Waals surface area contributed by atoms with Crippen LogP contribution in [0, 0.1) is 5.41 Å². The molecule has 1 rings (SSSR count). The van der Waals surface area contributed by atoms with Gasteiger partial charge in [0.25, 0.3) is 0 Å². The minimum absolute atomic E-state index is 0.141. The van der Waals surface area contributed by atoms with Gasteiger partial charge in [-0.2, -0.15) is 0 Å². The molecular formula is C22H31NO9. The van der Waals surface area contributed by atoms with E-state index in [2.05, 4.69) is 19.7 Å². The summed E-state index contributed by atoms with van der Waals surface area (Å²) < 4.78 is 26.4. The van der Waals surface area contributed by atoms with E-state index in [0.29, 0.717) is 26.3 Å². The van der Waals surface area contributed by atoms with Crippen LogP contribution in [0.5, 0.6) is 0 Å². The Labute approximate surface area is 187 Å². The smallest absolute Gasteiger partial charge is 0.409 e. The molecule has 0 aliphatic carbocycles. The normalized spacial score (nSPS) is 13.5. The average Bonchev–Trinajstić information content (AvgIpc) is 2.77. The van der Waals surface area contributed by atoms with Gasteiger partial charge in [0.1, 0.15) is 31.8 Å². The van der Waals surface area contributed by atoms with Gasteiger partial charge in [-0.25, -0.2) is 19.2 Å². The first-order valence-corrected chi connectivity index (χ1v) is 9.95. The van der Waals surface area contributed by atoms with Crippen LogP contribution in [0.15, 0.2) is 36.5 Å². The fourth-order valence-corrected chi connectivity index (χ4v) is 2.33. The van der Waals surface area contributed by atoms with Crippen LogP contribution in [-0.2, 0) is 38.1 Å². The molecule has 1 aliphatic heterocycles. The number of hydrogen-bond donors (Lipinski definition) is 0. The second-order valence-electron chi connectivity index (χ2n) is 7.72. The Kier molecular flexibility index (Phi) is 10.6. The number of ether oxygens (including phenoxy) is 5. The van der Waals surface area contributed by atoms with Gasteiger partial charge in [-0.05, 0) is 20.8 Å². The molecule has 0 spiro atoms. The average molecular weight is 453 g/mol. The Morgan fingerprint density at radius 2 is 1.06 bits per heavy atom. The number of hydrogen-bond acceptors (Lipinski definition) is 9. The zero-order valence-electron chi connectivity index (χ0n) is 18.9. The minimum Gasteiger partial charge on any atom is -0.461 e. The van der Waals surface area contributed by atoms with Crippen molar-refractivity contribution in [2.45, 2.75) is 20.8 Å². The quantitative estimate of drug-likeness (QED) is 0.262. The standard InChI is InChI=1S/C22H31NO9/c1-15(2)18(24)29-11-22(12-30-19(25)16(3)4,13-31-20(26)17(5)6)14-32-21(27)23-7-9-28-10-8-23/h1,3,5,7-14H2,2,4,6H3. The molecule has 1 amide bonds. The highest BCUT2D eigenvalue weighted by Crippen LogP contribution is 2.23. The van der Waals surface area contributed by atoms with E-state index in [9.17, 15) is 19.2 Å². The molecule has 0 aromatic heterocycles. The molecule has 0 saturated carbocycles. The minimum atomic E-state index is -1.37. The van der Waals surface area contributed by atoms with Gasteiger partial charge in [-0.3, -0.25) is 0 Å². The van der Waals surface area contributed by atoms with Crippen molar-refractivity contribution < 1.29 is 42.9 Å². The molecule has 0 aromatic carbocycles. The van der Waals surface area contributed by atoms with Crippen molar-refractivity contribution in [3.63, 3.8) is 0 Å². The molecule has 10 nitrogen and oxygen atoms in total. The SMILES string of the molecule is C=C(C)C(=O)OCC(COC(=O)C(=C)C)(COC(=O)C(=C)C)COC(=O)N1CCOCC1. The fourth-order valence-electron chi connectivity index (χ4n) is 2.33. The van der Waals surface area contributed by atoms with E-state index in [-0.39, 0.29) is 43.1 Å². The number of rotatable bonds is 11. The molecule has 1 aliphatic rings. The summed E-state index contributed by atoms with van der Waals surface area (Å²) in [7, 11) is 0. The van der Waals surface area contributed by atoms with Crippen LogP contribution in [0.2, 0.25) is 0 Å². The first kappa shape index (κ1) is 26.9. The lowest BCUT2D eigenvalue weighted by atomic mass is 9.92. The topological polar surface area (TPSA) is 118 Å². The molecule has 1 saturated heterocycles. The molecule has 0 aromatic rings. The number of amides is 1. The summed E-state index contributed by atoms with van der Waals surface area (Å²) in [5.41, 5.74) is -0.949. The first-order valence-electron chi connectivity index (χ1n) is 9.95. The maximum atomic E-state index is 12.5. The van der Waals surface area contributed by atoms with Crippen LogP contribution < -0.4 is 0 Å². The maximum Gasteiger partial charge on any atom is 0.409 e. The third-order valence-corrected chi connectivity index (χ3v) is 4.34. The Morgan fingerprint density at radius 1 is 0.719 bits per heavy atom. The van der Waals surface area contributed by atoms with Crippen LogP contribution in [0.1, 0.15) is 20.8 Å². The van der Waals surface area contributed by atoms with Crippen molar-refractivity contribution in [1.82, 2.24) is 4.90 Å². The van der Waals surface area contributed by atoms with Crippen molar-refractivity contribution in [2.75, 3.05) is 52.7 Å². The second-order valence-corrected chi connectivity index (χ2v) is 7.72. The monoisotopic (exact) mass is 453 g/mol. The summed E-state index contributed by atoms with van der Waals surface area (Å²) in [6.07, 6.45) is -0.624.